The Morgan fingerprint density at radius 3 is 2.86 bits per heavy atom. The summed E-state index contributed by atoms with van der Waals surface area (Å²) < 4.78 is 26.4. The summed E-state index contributed by atoms with van der Waals surface area (Å²) in [6, 6.07) is 3.08. The molecule has 1 saturated heterocycles. The van der Waals surface area contributed by atoms with Gasteiger partial charge in [-0.2, -0.15) is 0 Å². The van der Waals surface area contributed by atoms with Crippen LogP contribution in [0.25, 0.3) is 0 Å². The summed E-state index contributed by atoms with van der Waals surface area (Å²) in [5.74, 6) is -1.19. The summed E-state index contributed by atoms with van der Waals surface area (Å²) in [6.45, 7) is 3.68. The lowest BCUT2D eigenvalue weighted by Gasteiger charge is -2.17. The van der Waals surface area contributed by atoms with Crippen molar-refractivity contribution in [3.8, 4) is 0 Å². The molecule has 0 radical (unpaired) electrons. The number of likely N-dealkylation sites (tertiary alicyclic amines) is 1. The van der Waals surface area contributed by atoms with Crippen molar-refractivity contribution in [3.63, 3.8) is 0 Å². The zero-order valence-corrected chi connectivity index (χ0v) is 12.6. The Hall–Kier alpha value is -1.24. The Kier molecular flexibility index (Phi) is 6.51. The Balaban J connectivity index is 0.00000220. The van der Waals surface area contributed by atoms with Crippen LogP contribution in [0.1, 0.15) is 13.3 Å². The van der Waals surface area contributed by atoms with Crippen molar-refractivity contribution in [2.24, 2.45) is 11.7 Å². The number of amides is 1. The van der Waals surface area contributed by atoms with Crippen molar-refractivity contribution in [2.45, 2.75) is 19.4 Å². The van der Waals surface area contributed by atoms with Gasteiger partial charge in [-0.1, -0.05) is 0 Å². The van der Waals surface area contributed by atoms with E-state index in [1.165, 1.54) is 0 Å². The highest BCUT2D eigenvalue weighted by atomic mass is 35.5. The third-order valence-electron chi connectivity index (χ3n) is 3.62. The second-order valence-electron chi connectivity index (χ2n) is 5.32. The third-order valence-corrected chi connectivity index (χ3v) is 3.62. The molecule has 1 fully saturated rings. The lowest BCUT2D eigenvalue weighted by Crippen LogP contribution is -2.34. The molecule has 2 atom stereocenters. The maximum Gasteiger partial charge on any atom is 0.238 e. The first-order valence-electron chi connectivity index (χ1n) is 6.68. The first-order chi connectivity index (χ1) is 9.45. The van der Waals surface area contributed by atoms with Gasteiger partial charge in [-0.25, -0.2) is 8.78 Å². The summed E-state index contributed by atoms with van der Waals surface area (Å²) in [4.78, 5) is 13.8. The van der Waals surface area contributed by atoms with Crippen LogP contribution in [0.3, 0.4) is 0 Å². The van der Waals surface area contributed by atoms with Crippen LogP contribution >= 0.6 is 12.4 Å². The van der Waals surface area contributed by atoms with E-state index in [1.807, 2.05) is 11.8 Å². The van der Waals surface area contributed by atoms with Crippen LogP contribution < -0.4 is 11.1 Å². The normalized spacial score (nSPS) is 19.9. The maximum absolute atomic E-state index is 13.4. The van der Waals surface area contributed by atoms with Gasteiger partial charge in [0, 0.05) is 18.7 Å². The SMILES string of the molecule is CC(N)C1CCN(CC(=O)Nc2cc(F)ccc2F)C1.Cl. The van der Waals surface area contributed by atoms with Crippen LogP contribution in [0.4, 0.5) is 14.5 Å². The molecule has 0 aliphatic carbocycles. The number of nitrogens with zero attached hydrogens (tertiary/aromatic N) is 1. The number of hydrogen-bond acceptors (Lipinski definition) is 3. The largest absolute Gasteiger partial charge is 0.328 e. The van der Waals surface area contributed by atoms with Crippen molar-refractivity contribution in [1.82, 2.24) is 4.90 Å². The maximum atomic E-state index is 13.4. The molecule has 3 N–H and O–H groups in total. The predicted octanol–water partition coefficient (Wildman–Crippen LogP) is 1.99. The molecule has 0 bridgehead atoms. The summed E-state index contributed by atoms with van der Waals surface area (Å²) in [5, 5.41) is 2.40. The first-order valence-corrected chi connectivity index (χ1v) is 6.68. The molecular formula is C14H20ClF2N3O. The quantitative estimate of drug-likeness (QED) is 0.892. The fourth-order valence-corrected chi connectivity index (χ4v) is 2.42. The van der Waals surface area contributed by atoms with Gasteiger partial charge in [-0.05, 0) is 37.9 Å². The minimum atomic E-state index is -0.644. The van der Waals surface area contributed by atoms with Crippen LogP contribution in [0, 0.1) is 17.6 Å². The molecule has 118 valence electrons. The molecule has 2 unspecified atom stereocenters. The van der Waals surface area contributed by atoms with E-state index in [-0.39, 0.29) is 36.6 Å². The van der Waals surface area contributed by atoms with Crippen LogP contribution in [-0.4, -0.2) is 36.5 Å². The highest BCUT2D eigenvalue weighted by molar-refractivity contribution is 5.92. The molecule has 21 heavy (non-hydrogen) atoms. The minimum Gasteiger partial charge on any atom is -0.328 e. The number of anilines is 1. The Morgan fingerprint density at radius 2 is 2.24 bits per heavy atom. The monoisotopic (exact) mass is 319 g/mol. The van der Waals surface area contributed by atoms with E-state index in [2.05, 4.69) is 5.32 Å². The van der Waals surface area contributed by atoms with E-state index in [0.29, 0.717) is 5.92 Å². The summed E-state index contributed by atoms with van der Waals surface area (Å²) in [6.07, 6.45) is 0.958. The van der Waals surface area contributed by atoms with Gasteiger partial charge in [0.15, 0.2) is 0 Å². The lowest BCUT2D eigenvalue weighted by atomic mass is 10.0. The Labute approximate surface area is 129 Å². The van der Waals surface area contributed by atoms with Crippen LogP contribution in [0.5, 0.6) is 0 Å². The van der Waals surface area contributed by atoms with Crippen molar-refractivity contribution in [2.75, 3.05) is 25.0 Å². The van der Waals surface area contributed by atoms with Crippen molar-refractivity contribution in [1.29, 1.82) is 0 Å². The molecule has 0 saturated carbocycles. The van der Waals surface area contributed by atoms with Crippen LogP contribution in [0.15, 0.2) is 18.2 Å². The Morgan fingerprint density at radius 1 is 1.52 bits per heavy atom. The highest BCUT2D eigenvalue weighted by Crippen LogP contribution is 2.19. The van der Waals surface area contributed by atoms with E-state index in [1.54, 1.807) is 0 Å². The molecule has 1 amide bonds. The zero-order chi connectivity index (χ0) is 14.7. The molecule has 1 aromatic carbocycles. The van der Waals surface area contributed by atoms with E-state index in [0.717, 1.165) is 37.7 Å². The molecule has 1 aliphatic heterocycles. The van der Waals surface area contributed by atoms with Crippen molar-refractivity contribution in [3.05, 3.63) is 29.8 Å². The fourth-order valence-electron chi connectivity index (χ4n) is 2.42. The number of hydrogen-bond donors (Lipinski definition) is 2. The number of nitrogens with two attached hydrogens (primary N) is 1. The highest BCUT2D eigenvalue weighted by Gasteiger charge is 2.26. The number of nitrogens with one attached hydrogen (secondary N) is 1. The second kappa shape index (κ2) is 7.68. The van der Waals surface area contributed by atoms with E-state index < -0.39 is 11.6 Å². The number of rotatable bonds is 4. The van der Waals surface area contributed by atoms with Gasteiger partial charge < -0.3 is 11.1 Å². The molecule has 0 spiro atoms. The van der Waals surface area contributed by atoms with Gasteiger partial charge in [0.1, 0.15) is 11.6 Å². The van der Waals surface area contributed by atoms with Gasteiger partial charge in [0.25, 0.3) is 0 Å². The molecular weight excluding hydrogens is 300 g/mol. The molecule has 1 aromatic rings. The van der Waals surface area contributed by atoms with Gasteiger partial charge in [-0.15, -0.1) is 12.4 Å². The smallest absolute Gasteiger partial charge is 0.238 e. The molecule has 1 heterocycles. The molecule has 0 aromatic heterocycles. The number of benzene rings is 1. The van der Waals surface area contributed by atoms with Gasteiger partial charge >= 0.3 is 0 Å². The fraction of sp³-hybridized carbons (Fsp3) is 0.500. The number of carbonyl (C=O) groups excluding carboxylic acids is 1. The van der Waals surface area contributed by atoms with Crippen molar-refractivity contribution >= 4 is 24.0 Å². The predicted molar refractivity (Wildman–Crippen MR) is 80.4 cm³/mol. The third kappa shape index (κ3) is 4.91. The second-order valence-corrected chi connectivity index (χ2v) is 5.32. The van der Waals surface area contributed by atoms with Crippen LogP contribution in [-0.2, 0) is 4.79 Å². The number of halogens is 3. The topological polar surface area (TPSA) is 58.4 Å². The van der Waals surface area contributed by atoms with E-state index in [9.17, 15) is 13.6 Å². The molecule has 1 aliphatic rings. The summed E-state index contributed by atoms with van der Waals surface area (Å²) in [5.41, 5.74) is 5.71. The van der Waals surface area contributed by atoms with Crippen molar-refractivity contribution < 1.29 is 13.6 Å². The molecule has 4 nitrogen and oxygen atoms in total. The van der Waals surface area contributed by atoms with Gasteiger partial charge in [0.2, 0.25) is 5.91 Å². The minimum absolute atomic E-state index is 0. The average Bonchev–Trinajstić information content (AvgIpc) is 2.82. The Bertz CT molecular complexity index is 499. The van der Waals surface area contributed by atoms with Crippen LogP contribution in [0.2, 0.25) is 0 Å². The standard InChI is InChI=1S/C14H19F2N3O.ClH/c1-9(17)10-4-5-19(7-10)8-14(20)18-13-6-11(15)2-3-12(13)16;/h2-3,6,9-10H,4-5,7-8,17H2,1H3,(H,18,20);1H. The lowest BCUT2D eigenvalue weighted by molar-refractivity contribution is -0.117. The van der Waals surface area contributed by atoms with E-state index in [4.69, 9.17) is 5.73 Å². The van der Waals surface area contributed by atoms with Gasteiger partial charge in [0.05, 0.1) is 12.2 Å². The number of carbonyl (C=O) groups is 1. The summed E-state index contributed by atoms with van der Waals surface area (Å²) >= 11 is 0. The van der Waals surface area contributed by atoms with Gasteiger partial charge in [-0.3, -0.25) is 9.69 Å². The molecule has 7 heteroatoms. The average molecular weight is 320 g/mol. The zero-order valence-electron chi connectivity index (χ0n) is 11.8. The van der Waals surface area contributed by atoms with E-state index >= 15 is 0 Å². The molecule has 2 rings (SSSR count). The first kappa shape index (κ1) is 17.8. The summed E-state index contributed by atoms with van der Waals surface area (Å²) in [7, 11) is 0.